The molecule has 0 atom stereocenters. The van der Waals surface area contributed by atoms with Crippen molar-refractivity contribution in [3.63, 3.8) is 0 Å². The van der Waals surface area contributed by atoms with Gasteiger partial charge in [-0.2, -0.15) is 0 Å². The van der Waals surface area contributed by atoms with E-state index in [-0.39, 0.29) is 6.03 Å². The third-order valence-corrected chi connectivity index (χ3v) is 6.06. The number of pyridine rings is 1. The predicted octanol–water partition coefficient (Wildman–Crippen LogP) is 5.46. The second kappa shape index (κ2) is 8.64. The second-order valence-corrected chi connectivity index (χ2v) is 8.86. The number of halogens is 1. The highest BCUT2D eigenvalue weighted by atomic mass is 35.5. The Hall–Kier alpha value is -2.60. The Morgan fingerprint density at radius 3 is 2.73 bits per heavy atom. The molecule has 2 amide bonds. The van der Waals surface area contributed by atoms with Crippen LogP contribution in [0.2, 0.25) is 5.02 Å². The number of carbonyl (C=O) groups excluding carboxylic acids is 1. The summed E-state index contributed by atoms with van der Waals surface area (Å²) in [7, 11) is 0. The Bertz CT molecular complexity index is 1050. The smallest absolute Gasteiger partial charge is 0.321 e. The standard InChI is InChI=1S/C23H28ClN5O/c1-15(2)13-21-27-20-5-4-10-25-22(20)29(21)18-8-11-28(12-9-18)23(30)26-17-7-6-16(3)19(24)14-17/h4-7,10,14-15,18H,8-9,11-13H2,1-3H3,(H,26,30). The lowest BCUT2D eigenvalue weighted by Crippen LogP contribution is -2.41. The summed E-state index contributed by atoms with van der Waals surface area (Å²) in [6.45, 7) is 7.76. The van der Waals surface area contributed by atoms with Crippen molar-refractivity contribution in [1.29, 1.82) is 0 Å². The van der Waals surface area contributed by atoms with E-state index in [1.54, 1.807) is 6.07 Å². The highest BCUT2D eigenvalue weighted by Gasteiger charge is 2.27. The van der Waals surface area contributed by atoms with Gasteiger partial charge in [-0.1, -0.05) is 31.5 Å². The minimum atomic E-state index is -0.0793. The fourth-order valence-electron chi connectivity index (χ4n) is 4.07. The summed E-state index contributed by atoms with van der Waals surface area (Å²) < 4.78 is 2.31. The van der Waals surface area contributed by atoms with Gasteiger partial charge in [0.2, 0.25) is 0 Å². The van der Waals surface area contributed by atoms with Crippen molar-refractivity contribution in [2.45, 2.75) is 46.1 Å². The molecule has 1 fully saturated rings. The molecule has 1 aliphatic heterocycles. The van der Waals surface area contributed by atoms with Gasteiger partial charge in [0.1, 0.15) is 11.3 Å². The van der Waals surface area contributed by atoms with Crippen LogP contribution in [0.5, 0.6) is 0 Å². The van der Waals surface area contributed by atoms with Crippen LogP contribution >= 0.6 is 11.6 Å². The Morgan fingerprint density at radius 1 is 1.27 bits per heavy atom. The van der Waals surface area contributed by atoms with Gasteiger partial charge in [0.15, 0.2) is 5.65 Å². The maximum absolute atomic E-state index is 12.7. The van der Waals surface area contributed by atoms with E-state index >= 15 is 0 Å². The summed E-state index contributed by atoms with van der Waals surface area (Å²) >= 11 is 6.18. The van der Waals surface area contributed by atoms with Crippen LogP contribution in [0.1, 0.15) is 44.1 Å². The third-order valence-electron chi connectivity index (χ3n) is 5.65. The number of hydrogen-bond donors (Lipinski definition) is 1. The Balaban J connectivity index is 1.46. The van der Waals surface area contributed by atoms with Crippen molar-refractivity contribution < 1.29 is 4.79 Å². The summed E-state index contributed by atoms with van der Waals surface area (Å²) in [6.07, 6.45) is 4.52. The molecule has 30 heavy (non-hydrogen) atoms. The molecule has 1 saturated heterocycles. The Kier molecular flexibility index (Phi) is 5.95. The van der Waals surface area contributed by atoms with Gasteiger partial charge in [-0.25, -0.2) is 14.8 Å². The summed E-state index contributed by atoms with van der Waals surface area (Å²) in [5.74, 6) is 1.61. The zero-order valence-electron chi connectivity index (χ0n) is 17.7. The SMILES string of the molecule is Cc1ccc(NC(=O)N2CCC(n3c(CC(C)C)nc4cccnc43)CC2)cc1Cl. The number of rotatable bonds is 4. The molecule has 1 aromatic carbocycles. The number of aryl methyl sites for hydroxylation is 1. The van der Waals surface area contributed by atoms with Crippen LogP contribution in [-0.4, -0.2) is 38.6 Å². The van der Waals surface area contributed by atoms with Gasteiger partial charge in [-0.15, -0.1) is 0 Å². The number of hydrogen-bond acceptors (Lipinski definition) is 3. The number of amides is 2. The first-order valence-electron chi connectivity index (χ1n) is 10.6. The topological polar surface area (TPSA) is 63.1 Å². The lowest BCUT2D eigenvalue weighted by atomic mass is 10.0. The molecule has 2 aromatic heterocycles. The number of imidazole rings is 1. The van der Waals surface area contributed by atoms with Gasteiger partial charge in [0.25, 0.3) is 0 Å². The van der Waals surface area contributed by atoms with Gasteiger partial charge in [0.05, 0.1) is 0 Å². The van der Waals surface area contributed by atoms with E-state index in [1.807, 2.05) is 42.3 Å². The van der Waals surface area contributed by atoms with Gasteiger partial charge in [-0.05, 0) is 55.5 Å². The molecule has 3 heterocycles. The van der Waals surface area contributed by atoms with Crippen LogP contribution in [0.4, 0.5) is 10.5 Å². The molecule has 0 aliphatic carbocycles. The quantitative estimate of drug-likeness (QED) is 0.603. The van der Waals surface area contributed by atoms with Gasteiger partial charge < -0.3 is 14.8 Å². The second-order valence-electron chi connectivity index (χ2n) is 8.45. The number of anilines is 1. The molecular weight excluding hydrogens is 398 g/mol. The zero-order chi connectivity index (χ0) is 21.3. The van der Waals surface area contributed by atoms with Crippen LogP contribution in [0.25, 0.3) is 11.2 Å². The number of piperidine rings is 1. The van der Waals surface area contributed by atoms with Crippen molar-refractivity contribution in [2.75, 3.05) is 18.4 Å². The fourth-order valence-corrected chi connectivity index (χ4v) is 4.25. The van der Waals surface area contributed by atoms with E-state index in [4.69, 9.17) is 16.6 Å². The molecule has 0 radical (unpaired) electrons. The molecular formula is C23H28ClN5O. The maximum Gasteiger partial charge on any atom is 0.321 e. The fraction of sp³-hybridized carbons (Fsp3) is 0.435. The molecule has 0 unspecified atom stereocenters. The largest absolute Gasteiger partial charge is 0.324 e. The normalized spacial score (nSPS) is 15.2. The molecule has 6 nitrogen and oxygen atoms in total. The highest BCUT2D eigenvalue weighted by molar-refractivity contribution is 6.31. The van der Waals surface area contributed by atoms with Crippen LogP contribution < -0.4 is 5.32 Å². The molecule has 3 aromatic rings. The number of fused-ring (bicyclic) bond motifs is 1. The molecule has 0 spiro atoms. The lowest BCUT2D eigenvalue weighted by Gasteiger charge is -2.33. The van der Waals surface area contributed by atoms with Crippen molar-refractivity contribution in [1.82, 2.24) is 19.4 Å². The van der Waals surface area contributed by atoms with E-state index in [2.05, 4.69) is 28.7 Å². The number of benzene rings is 1. The van der Waals surface area contributed by atoms with Gasteiger partial charge >= 0.3 is 6.03 Å². The first-order chi connectivity index (χ1) is 14.4. The van der Waals surface area contributed by atoms with Crippen molar-refractivity contribution in [3.8, 4) is 0 Å². The average Bonchev–Trinajstić information content (AvgIpc) is 3.08. The summed E-state index contributed by atoms with van der Waals surface area (Å²) in [5, 5.41) is 3.62. The zero-order valence-corrected chi connectivity index (χ0v) is 18.5. The third kappa shape index (κ3) is 4.29. The van der Waals surface area contributed by atoms with Crippen LogP contribution in [0, 0.1) is 12.8 Å². The minimum absolute atomic E-state index is 0.0793. The number of urea groups is 1. The molecule has 4 rings (SSSR count). The summed E-state index contributed by atoms with van der Waals surface area (Å²) in [4.78, 5) is 24.0. The van der Waals surface area contributed by atoms with Gasteiger partial charge in [0, 0.05) is 42.5 Å². The Morgan fingerprint density at radius 2 is 2.03 bits per heavy atom. The minimum Gasteiger partial charge on any atom is -0.324 e. The average molecular weight is 426 g/mol. The summed E-state index contributed by atoms with van der Waals surface area (Å²) in [5.41, 5.74) is 3.62. The monoisotopic (exact) mass is 425 g/mol. The van der Waals surface area contributed by atoms with Gasteiger partial charge in [-0.3, -0.25) is 0 Å². The number of likely N-dealkylation sites (tertiary alicyclic amines) is 1. The Labute approximate surface area is 182 Å². The molecule has 1 N–H and O–H groups in total. The van der Waals surface area contributed by atoms with E-state index in [1.165, 1.54) is 0 Å². The van der Waals surface area contributed by atoms with E-state index in [9.17, 15) is 4.79 Å². The van der Waals surface area contributed by atoms with Crippen molar-refractivity contribution in [3.05, 3.63) is 52.9 Å². The number of aromatic nitrogens is 3. The molecule has 158 valence electrons. The van der Waals surface area contributed by atoms with E-state index in [0.29, 0.717) is 30.1 Å². The highest BCUT2D eigenvalue weighted by Crippen LogP contribution is 2.29. The predicted molar refractivity (Wildman–Crippen MR) is 121 cm³/mol. The van der Waals surface area contributed by atoms with Crippen LogP contribution in [0.3, 0.4) is 0 Å². The van der Waals surface area contributed by atoms with Crippen molar-refractivity contribution >= 4 is 34.5 Å². The molecule has 0 saturated carbocycles. The van der Waals surface area contributed by atoms with E-state index in [0.717, 1.165) is 47.5 Å². The summed E-state index contributed by atoms with van der Waals surface area (Å²) in [6, 6.07) is 9.77. The van der Waals surface area contributed by atoms with Crippen molar-refractivity contribution in [2.24, 2.45) is 5.92 Å². The van der Waals surface area contributed by atoms with E-state index < -0.39 is 0 Å². The lowest BCUT2D eigenvalue weighted by molar-refractivity contribution is 0.183. The van der Waals surface area contributed by atoms with Crippen LogP contribution in [0.15, 0.2) is 36.5 Å². The molecule has 1 aliphatic rings. The first-order valence-corrected chi connectivity index (χ1v) is 10.9. The first kappa shape index (κ1) is 20.7. The molecule has 0 bridgehead atoms. The number of nitrogens with one attached hydrogen (secondary N) is 1. The van der Waals surface area contributed by atoms with Crippen LogP contribution in [-0.2, 0) is 6.42 Å². The number of nitrogens with zero attached hydrogens (tertiary/aromatic N) is 4. The maximum atomic E-state index is 12.7. The molecule has 7 heteroatoms. The number of carbonyl (C=O) groups is 1.